The zero-order valence-electron chi connectivity index (χ0n) is 18.3. The molecular weight excluding hydrogens is 360 g/mol. The average molecular weight is 395 g/mol. The first-order valence-corrected chi connectivity index (χ1v) is 11.0. The van der Waals surface area contributed by atoms with Crippen LogP contribution < -0.4 is 0 Å². The van der Waals surface area contributed by atoms with Crippen LogP contribution in [-0.2, 0) is 11.3 Å². The third kappa shape index (κ3) is 3.85. The molecule has 1 aromatic heterocycles. The Kier molecular flexibility index (Phi) is 5.77. The van der Waals surface area contributed by atoms with E-state index in [1.807, 2.05) is 11.6 Å². The van der Waals surface area contributed by atoms with Gasteiger partial charge in [0.25, 0.3) is 0 Å². The summed E-state index contributed by atoms with van der Waals surface area (Å²) in [5.74, 6) is 0.577. The van der Waals surface area contributed by atoms with Gasteiger partial charge in [-0.25, -0.2) is 0 Å². The minimum atomic E-state index is 0.206. The van der Waals surface area contributed by atoms with E-state index in [4.69, 9.17) is 0 Å². The number of benzene rings is 1. The number of amides is 1. The van der Waals surface area contributed by atoms with E-state index in [1.54, 1.807) is 0 Å². The van der Waals surface area contributed by atoms with E-state index in [9.17, 15) is 4.79 Å². The first kappa shape index (κ1) is 20.1. The van der Waals surface area contributed by atoms with Crippen LogP contribution in [0, 0.1) is 20.8 Å². The van der Waals surface area contributed by atoms with E-state index in [0.29, 0.717) is 18.5 Å². The fraction of sp³-hybridized carbons (Fsp3) is 0.583. The van der Waals surface area contributed by atoms with Gasteiger partial charge in [0.05, 0.1) is 5.69 Å². The Balaban J connectivity index is 1.63. The van der Waals surface area contributed by atoms with Crippen LogP contribution >= 0.6 is 0 Å². The van der Waals surface area contributed by atoms with E-state index in [2.05, 4.69) is 66.1 Å². The molecule has 1 amide bonds. The van der Waals surface area contributed by atoms with Gasteiger partial charge >= 0.3 is 0 Å². The number of hydrogen-bond donors (Lipinski definition) is 0. The first-order chi connectivity index (χ1) is 14.0. The van der Waals surface area contributed by atoms with E-state index < -0.39 is 0 Å². The Morgan fingerprint density at radius 2 is 1.86 bits per heavy atom. The van der Waals surface area contributed by atoms with E-state index in [1.165, 1.54) is 30.4 Å². The van der Waals surface area contributed by atoms with Crippen molar-refractivity contribution in [3.63, 3.8) is 0 Å². The summed E-state index contributed by atoms with van der Waals surface area (Å²) in [7, 11) is 2.25. The number of aromatic nitrogens is 2. The average Bonchev–Trinajstić information content (AvgIpc) is 3.20. The lowest BCUT2D eigenvalue weighted by Gasteiger charge is -2.37. The van der Waals surface area contributed by atoms with Crippen molar-refractivity contribution in [2.75, 3.05) is 20.1 Å². The van der Waals surface area contributed by atoms with Gasteiger partial charge in [0.1, 0.15) is 6.54 Å². The Morgan fingerprint density at radius 1 is 1.10 bits per heavy atom. The van der Waals surface area contributed by atoms with Crippen molar-refractivity contribution in [1.29, 1.82) is 0 Å². The molecule has 4 rings (SSSR count). The second kappa shape index (κ2) is 8.31. The normalized spacial score (nSPS) is 25.5. The third-order valence-electron chi connectivity index (χ3n) is 7.20. The molecule has 2 aliphatic heterocycles. The van der Waals surface area contributed by atoms with Crippen molar-refractivity contribution in [2.24, 2.45) is 0 Å². The molecule has 3 atom stereocenters. The molecule has 0 aliphatic carbocycles. The van der Waals surface area contributed by atoms with Crippen molar-refractivity contribution >= 4 is 5.91 Å². The maximum absolute atomic E-state index is 13.5. The Morgan fingerprint density at radius 3 is 2.55 bits per heavy atom. The van der Waals surface area contributed by atoms with Crippen LogP contribution in [-0.4, -0.2) is 57.7 Å². The highest BCUT2D eigenvalue weighted by Gasteiger charge is 2.46. The molecule has 0 unspecified atom stereocenters. The fourth-order valence-corrected chi connectivity index (χ4v) is 5.32. The minimum absolute atomic E-state index is 0.206. The molecule has 3 heterocycles. The van der Waals surface area contributed by atoms with Gasteiger partial charge in [-0.15, -0.1) is 0 Å². The zero-order chi connectivity index (χ0) is 20.5. The van der Waals surface area contributed by atoms with Gasteiger partial charge < -0.3 is 9.80 Å². The van der Waals surface area contributed by atoms with Gasteiger partial charge in [-0.05, 0) is 58.3 Å². The van der Waals surface area contributed by atoms with Crippen LogP contribution in [0.2, 0.25) is 0 Å². The predicted molar refractivity (Wildman–Crippen MR) is 116 cm³/mol. The van der Waals surface area contributed by atoms with Crippen molar-refractivity contribution in [3.05, 3.63) is 52.8 Å². The van der Waals surface area contributed by atoms with Crippen molar-refractivity contribution in [2.45, 2.75) is 71.0 Å². The topological polar surface area (TPSA) is 41.4 Å². The summed E-state index contributed by atoms with van der Waals surface area (Å²) in [5.41, 5.74) is 4.65. The van der Waals surface area contributed by atoms with Crippen LogP contribution in [0.3, 0.4) is 0 Å². The number of nitrogens with zero attached hydrogens (tertiary/aromatic N) is 4. The predicted octanol–water partition coefficient (Wildman–Crippen LogP) is 3.68. The van der Waals surface area contributed by atoms with Gasteiger partial charge in [0.15, 0.2) is 0 Å². The number of likely N-dealkylation sites (N-methyl/N-ethyl adjacent to an activating group) is 1. The summed E-state index contributed by atoms with van der Waals surface area (Å²) in [6, 6.07) is 11.5. The van der Waals surface area contributed by atoms with Crippen LogP contribution in [0.4, 0.5) is 0 Å². The van der Waals surface area contributed by atoms with Gasteiger partial charge in [0, 0.05) is 30.2 Å². The number of aryl methyl sites for hydroxylation is 1. The van der Waals surface area contributed by atoms with E-state index >= 15 is 0 Å². The quantitative estimate of drug-likeness (QED) is 0.797. The van der Waals surface area contributed by atoms with Crippen molar-refractivity contribution in [1.82, 2.24) is 19.6 Å². The van der Waals surface area contributed by atoms with Crippen LogP contribution in [0.15, 0.2) is 30.3 Å². The van der Waals surface area contributed by atoms with Crippen LogP contribution in [0.25, 0.3) is 0 Å². The molecule has 0 saturated carbocycles. The molecule has 0 spiro atoms. The number of carbonyl (C=O) groups is 1. The fourth-order valence-electron chi connectivity index (χ4n) is 5.32. The Hall–Kier alpha value is -2.14. The number of carbonyl (C=O) groups excluding carboxylic acids is 1. The lowest BCUT2D eigenvalue weighted by atomic mass is 9.87. The Bertz CT molecular complexity index is 859. The molecule has 0 bridgehead atoms. The molecule has 0 N–H and O–H groups in total. The van der Waals surface area contributed by atoms with Crippen molar-refractivity contribution < 1.29 is 4.79 Å². The van der Waals surface area contributed by atoms with Crippen LogP contribution in [0.1, 0.15) is 54.1 Å². The van der Waals surface area contributed by atoms with Gasteiger partial charge in [-0.3, -0.25) is 9.48 Å². The van der Waals surface area contributed by atoms with Gasteiger partial charge in [-0.2, -0.15) is 5.10 Å². The standard InChI is InChI=1S/C24H34N4O/c1-17-18(2)25-28(19(17)3)16-23(29)27-15-21(20-11-7-5-8-12-20)24-22(27)13-9-6-10-14-26(24)4/h5,7-8,11-12,21-22,24H,6,9-10,13-16H2,1-4H3/t21-,22+,24-/m0/s1. The second-order valence-corrected chi connectivity index (χ2v) is 8.90. The summed E-state index contributed by atoms with van der Waals surface area (Å²) in [6.45, 7) is 8.43. The monoisotopic (exact) mass is 394 g/mol. The van der Waals surface area contributed by atoms with Crippen LogP contribution in [0.5, 0.6) is 0 Å². The highest BCUT2D eigenvalue weighted by molar-refractivity contribution is 5.77. The highest BCUT2D eigenvalue weighted by atomic mass is 16.2. The largest absolute Gasteiger partial charge is 0.336 e. The van der Waals surface area contributed by atoms with Gasteiger partial charge in [-0.1, -0.05) is 43.2 Å². The smallest absolute Gasteiger partial charge is 0.244 e. The number of hydrogen-bond acceptors (Lipinski definition) is 3. The third-order valence-corrected chi connectivity index (χ3v) is 7.20. The van der Waals surface area contributed by atoms with Crippen molar-refractivity contribution in [3.8, 4) is 0 Å². The number of likely N-dealkylation sites (tertiary alicyclic amines) is 2. The summed E-state index contributed by atoms with van der Waals surface area (Å²) >= 11 is 0. The summed E-state index contributed by atoms with van der Waals surface area (Å²) in [6.07, 6.45) is 4.81. The second-order valence-electron chi connectivity index (χ2n) is 8.90. The molecule has 5 heteroatoms. The molecule has 2 aromatic rings. The molecule has 156 valence electrons. The molecule has 2 fully saturated rings. The molecule has 29 heavy (non-hydrogen) atoms. The Labute approximate surface area is 174 Å². The highest BCUT2D eigenvalue weighted by Crippen LogP contribution is 2.38. The summed E-state index contributed by atoms with van der Waals surface area (Å²) in [5, 5.41) is 4.61. The lowest BCUT2D eigenvalue weighted by Crippen LogP contribution is -2.48. The first-order valence-electron chi connectivity index (χ1n) is 11.0. The molecule has 1 aromatic carbocycles. The lowest BCUT2D eigenvalue weighted by molar-refractivity contribution is -0.133. The number of rotatable bonds is 3. The molecule has 5 nitrogen and oxygen atoms in total. The number of fused-ring (bicyclic) bond motifs is 1. The summed E-state index contributed by atoms with van der Waals surface area (Å²) < 4.78 is 1.89. The molecular formula is C24H34N4O. The summed E-state index contributed by atoms with van der Waals surface area (Å²) in [4.78, 5) is 18.2. The zero-order valence-corrected chi connectivity index (χ0v) is 18.3. The SMILES string of the molecule is Cc1nn(CC(=O)N2C[C@@H](c3ccccc3)[C@H]3[C@H]2CCCCCN3C)c(C)c1C. The molecule has 2 saturated heterocycles. The van der Waals surface area contributed by atoms with E-state index in [0.717, 1.165) is 30.9 Å². The molecule has 0 radical (unpaired) electrons. The van der Waals surface area contributed by atoms with Gasteiger partial charge in [0.2, 0.25) is 5.91 Å². The van der Waals surface area contributed by atoms with E-state index in [-0.39, 0.29) is 11.9 Å². The minimum Gasteiger partial charge on any atom is -0.336 e. The maximum Gasteiger partial charge on any atom is 0.244 e. The maximum atomic E-state index is 13.5. The molecule has 2 aliphatic rings.